The van der Waals surface area contributed by atoms with Crippen LogP contribution < -0.4 is 5.32 Å². The van der Waals surface area contributed by atoms with E-state index in [4.69, 9.17) is 5.26 Å². The number of nitriles is 1. The highest BCUT2D eigenvalue weighted by Gasteiger charge is 2.36. The summed E-state index contributed by atoms with van der Waals surface area (Å²) in [6, 6.07) is 6.65. The van der Waals surface area contributed by atoms with Crippen LogP contribution in [0.1, 0.15) is 50.7 Å². The summed E-state index contributed by atoms with van der Waals surface area (Å²) >= 11 is 0. The first kappa shape index (κ1) is 15.9. The molecule has 1 aromatic carbocycles. The van der Waals surface area contributed by atoms with Gasteiger partial charge in [-0.2, -0.15) is 5.26 Å². The van der Waals surface area contributed by atoms with Crippen molar-refractivity contribution < 1.29 is 9.50 Å². The predicted molar refractivity (Wildman–Crippen MR) is 80.0 cm³/mol. The van der Waals surface area contributed by atoms with Crippen molar-refractivity contribution in [2.24, 2.45) is 5.41 Å². The fourth-order valence-electron chi connectivity index (χ4n) is 2.80. The third kappa shape index (κ3) is 4.03. The lowest BCUT2D eigenvalue weighted by Crippen LogP contribution is -2.44. The fourth-order valence-corrected chi connectivity index (χ4v) is 2.80. The van der Waals surface area contributed by atoms with E-state index in [9.17, 15) is 9.50 Å². The Morgan fingerprint density at radius 1 is 1.29 bits per heavy atom. The second-order valence-corrected chi connectivity index (χ2v) is 6.88. The topological polar surface area (TPSA) is 56.0 Å². The SMILES string of the molecule is CC1(C)CCC(O)(CNCc2cccc(C#N)c2F)CC1. The smallest absolute Gasteiger partial charge is 0.145 e. The van der Waals surface area contributed by atoms with Crippen molar-refractivity contribution in [1.29, 1.82) is 5.26 Å². The van der Waals surface area contributed by atoms with Crippen LogP contribution >= 0.6 is 0 Å². The maximum absolute atomic E-state index is 13.9. The van der Waals surface area contributed by atoms with Crippen molar-refractivity contribution in [3.8, 4) is 6.07 Å². The van der Waals surface area contributed by atoms with Gasteiger partial charge in [-0.05, 0) is 37.2 Å². The van der Waals surface area contributed by atoms with E-state index in [0.717, 1.165) is 25.7 Å². The first-order valence-electron chi connectivity index (χ1n) is 7.46. The van der Waals surface area contributed by atoms with Crippen LogP contribution in [0.15, 0.2) is 18.2 Å². The van der Waals surface area contributed by atoms with E-state index < -0.39 is 11.4 Å². The van der Waals surface area contributed by atoms with E-state index in [0.29, 0.717) is 24.1 Å². The number of rotatable bonds is 4. The van der Waals surface area contributed by atoms with Gasteiger partial charge in [0, 0.05) is 18.7 Å². The molecule has 1 fully saturated rings. The Morgan fingerprint density at radius 2 is 1.95 bits per heavy atom. The molecule has 0 heterocycles. The van der Waals surface area contributed by atoms with Gasteiger partial charge in [-0.1, -0.05) is 26.0 Å². The number of hydrogen-bond donors (Lipinski definition) is 2. The molecule has 2 rings (SSSR count). The van der Waals surface area contributed by atoms with Crippen LogP contribution in [0.25, 0.3) is 0 Å². The van der Waals surface area contributed by atoms with Crippen molar-refractivity contribution in [3.05, 3.63) is 35.1 Å². The molecular weight excluding hydrogens is 267 g/mol. The Morgan fingerprint density at radius 3 is 2.57 bits per heavy atom. The number of nitrogens with one attached hydrogen (secondary N) is 1. The van der Waals surface area contributed by atoms with Gasteiger partial charge >= 0.3 is 0 Å². The molecule has 1 aliphatic carbocycles. The highest BCUT2D eigenvalue weighted by Crippen LogP contribution is 2.39. The molecule has 0 amide bonds. The van der Waals surface area contributed by atoms with Crippen molar-refractivity contribution in [2.75, 3.05) is 6.54 Å². The molecule has 0 aliphatic heterocycles. The Labute approximate surface area is 125 Å². The van der Waals surface area contributed by atoms with Crippen LogP contribution in [-0.2, 0) is 6.54 Å². The molecule has 0 atom stereocenters. The summed E-state index contributed by atoms with van der Waals surface area (Å²) in [5, 5.41) is 22.5. The van der Waals surface area contributed by atoms with E-state index in [1.165, 1.54) is 6.07 Å². The van der Waals surface area contributed by atoms with E-state index in [-0.39, 0.29) is 5.56 Å². The number of nitrogens with zero attached hydrogens (tertiary/aromatic N) is 1. The monoisotopic (exact) mass is 290 g/mol. The molecule has 0 aromatic heterocycles. The molecule has 1 aliphatic rings. The Kier molecular flexibility index (Phi) is 4.65. The molecule has 0 saturated heterocycles. The van der Waals surface area contributed by atoms with Crippen LogP contribution in [0, 0.1) is 22.6 Å². The first-order chi connectivity index (χ1) is 9.85. The summed E-state index contributed by atoms with van der Waals surface area (Å²) < 4.78 is 13.9. The average molecular weight is 290 g/mol. The van der Waals surface area contributed by atoms with Gasteiger partial charge in [-0.3, -0.25) is 0 Å². The number of aliphatic hydroxyl groups is 1. The summed E-state index contributed by atoms with van der Waals surface area (Å²) in [6.45, 7) is 5.23. The largest absolute Gasteiger partial charge is 0.389 e. The van der Waals surface area contributed by atoms with Gasteiger partial charge in [0.05, 0.1) is 11.2 Å². The molecule has 21 heavy (non-hydrogen) atoms. The van der Waals surface area contributed by atoms with E-state index in [1.807, 2.05) is 6.07 Å². The molecule has 4 heteroatoms. The van der Waals surface area contributed by atoms with Gasteiger partial charge < -0.3 is 10.4 Å². The van der Waals surface area contributed by atoms with Gasteiger partial charge in [-0.15, -0.1) is 0 Å². The fraction of sp³-hybridized carbons (Fsp3) is 0.588. The minimum atomic E-state index is -0.696. The minimum absolute atomic E-state index is 0.0624. The molecule has 1 aromatic rings. The van der Waals surface area contributed by atoms with Crippen LogP contribution in [-0.4, -0.2) is 17.3 Å². The summed E-state index contributed by atoms with van der Waals surface area (Å²) in [4.78, 5) is 0. The van der Waals surface area contributed by atoms with Crippen LogP contribution in [0.2, 0.25) is 0 Å². The number of benzene rings is 1. The zero-order valence-electron chi connectivity index (χ0n) is 12.7. The molecular formula is C17H23FN2O. The van der Waals surface area contributed by atoms with Crippen LogP contribution in [0.3, 0.4) is 0 Å². The van der Waals surface area contributed by atoms with Crippen LogP contribution in [0.5, 0.6) is 0 Å². The Bertz CT molecular complexity index is 538. The number of halogens is 1. The first-order valence-corrected chi connectivity index (χ1v) is 7.46. The molecule has 3 nitrogen and oxygen atoms in total. The normalized spacial score (nSPS) is 20.0. The van der Waals surface area contributed by atoms with Gasteiger partial charge in [-0.25, -0.2) is 4.39 Å². The second kappa shape index (κ2) is 6.13. The molecule has 0 unspecified atom stereocenters. The van der Waals surface area contributed by atoms with Crippen molar-refractivity contribution >= 4 is 0 Å². The summed E-state index contributed by atoms with van der Waals surface area (Å²) in [5.41, 5.74) is 0.138. The summed E-state index contributed by atoms with van der Waals surface area (Å²) in [7, 11) is 0. The lowest BCUT2D eigenvalue weighted by atomic mass is 9.71. The third-order valence-corrected chi connectivity index (χ3v) is 4.50. The van der Waals surface area contributed by atoms with Crippen molar-refractivity contribution in [1.82, 2.24) is 5.32 Å². The van der Waals surface area contributed by atoms with Crippen molar-refractivity contribution in [3.63, 3.8) is 0 Å². The molecule has 2 N–H and O–H groups in total. The zero-order chi connectivity index (χ0) is 15.5. The molecule has 1 saturated carbocycles. The molecule has 0 bridgehead atoms. The van der Waals surface area contributed by atoms with Crippen LogP contribution in [0.4, 0.5) is 4.39 Å². The second-order valence-electron chi connectivity index (χ2n) is 6.88. The molecule has 0 spiro atoms. The maximum Gasteiger partial charge on any atom is 0.145 e. The van der Waals surface area contributed by atoms with Gasteiger partial charge in [0.2, 0.25) is 0 Å². The van der Waals surface area contributed by atoms with E-state index in [2.05, 4.69) is 19.2 Å². The highest BCUT2D eigenvalue weighted by atomic mass is 19.1. The van der Waals surface area contributed by atoms with Gasteiger partial charge in [0.15, 0.2) is 0 Å². The van der Waals surface area contributed by atoms with E-state index >= 15 is 0 Å². The summed E-state index contributed by atoms with van der Waals surface area (Å²) in [6.07, 6.45) is 3.55. The number of hydrogen-bond acceptors (Lipinski definition) is 3. The maximum atomic E-state index is 13.9. The Balaban J connectivity index is 1.89. The highest BCUT2D eigenvalue weighted by molar-refractivity contribution is 5.34. The average Bonchev–Trinajstić information content (AvgIpc) is 2.45. The minimum Gasteiger partial charge on any atom is -0.389 e. The predicted octanol–water partition coefficient (Wildman–Crippen LogP) is 3.12. The standard InChI is InChI=1S/C17H23FN2O/c1-16(2)6-8-17(21,9-7-16)12-20-11-14-5-3-4-13(10-19)15(14)18/h3-5,20-21H,6-9,11-12H2,1-2H3. The van der Waals surface area contributed by atoms with E-state index in [1.54, 1.807) is 12.1 Å². The quantitative estimate of drug-likeness (QED) is 0.896. The van der Waals surface area contributed by atoms with Crippen molar-refractivity contribution in [2.45, 2.75) is 51.7 Å². The molecule has 114 valence electrons. The Hall–Kier alpha value is -1.44. The van der Waals surface area contributed by atoms with Gasteiger partial charge in [0.1, 0.15) is 11.9 Å². The van der Waals surface area contributed by atoms with Gasteiger partial charge in [0.25, 0.3) is 0 Å². The molecule has 0 radical (unpaired) electrons. The third-order valence-electron chi connectivity index (χ3n) is 4.50. The zero-order valence-corrected chi connectivity index (χ0v) is 12.7. The summed E-state index contributed by atoms with van der Waals surface area (Å²) in [5.74, 6) is -0.468. The lowest BCUT2D eigenvalue weighted by molar-refractivity contribution is -0.0245. The lowest BCUT2D eigenvalue weighted by Gasteiger charge is -2.40.